The molecule has 188 valence electrons. The van der Waals surface area contributed by atoms with E-state index >= 15 is 0 Å². The van der Waals surface area contributed by atoms with Gasteiger partial charge in [-0.2, -0.15) is 0 Å². The van der Waals surface area contributed by atoms with Crippen molar-refractivity contribution >= 4 is 18.0 Å². The molecule has 35 heavy (non-hydrogen) atoms. The smallest absolute Gasteiger partial charge is 0.408 e. The molecule has 1 aliphatic rings. The van der Waals surface area contributed by atoms with Crippen molar-refractivity contribution < 1.29 is 29.3 Å². The molecule has 0 bridgehead atoms. The van der Waals surface area contributed by atoms with Crippen LogP contribution in [-0.2, 0) is 9.53 Å². The second-order valence-electron chi connectivity index (χ2n) is 10.8. The van der Waals surface area contributed by atoms with Gasteiger partial charge in [-0.3, -0.25) is 4.79 Å². The van der Waals surface area contributed by atoms with E-state index < -0.39 is 34.6 Å². The lowest BCUT2D eigenvalue weighted by Crippen LogP contribution is -2.70. The standard InChI is InChI=1S/C27H34N2O6/c1-24(2,3)35-23(34)29-25(4,5)27(7,22(32)33)28-21(31)19-14-12-18(13-15-19)10-8-9-11-20-16-26(20,6)17-30/h12-15,20,30H,16-17H2,1-7H3,(H,28,31)(H,29,34)(H,32,33)/t20-,26+,27-/m1/s1. The Kier molecular flexibility index (Phi) is 7.94. The van der Waals surface area contributed by atoms with E-state index in [0.29, 0.717) is 5.56 Å². The lowest BCUT2D eigenvalue weighted by molar-refractivity contribution is -0.146. The number of carboxylic acid groups (broad SMARTS) is 1. The highest BCUT2D eigenvalue weighted by Gasteiger charge is 2.50. The summed E-state index contributed by atoms with van der Waals surface area (Å²) in [7, 11) is 0. The molecule has 2 rings (SSSR count). The molecule has 1 saturated carbocycles. The zero-order valence-electron chi connectivity index (χ0n) is 21.3. The Morgan fingerprint density at radius 3 is 2.14 bits per heavy atom. The molecule has 0 saturated heterocycles. The van der Waals surface area contributed by atoms with Gasteiger partial charge in [0.25, 0.3) is 5.91 Å². The number of carbonyl (C=O) groups is 3. The van der Waals surface area contributed by atoms with Crippen LogP contribution >= 0.6 is 0 Å². The normalized spacial score (nSPS) is 20.6. The average Bonchev–Trinajstić information content (AvgIpc) is 3.39. The van der Waals surface area contributed by atoms with Crippen LogP contribution in [0.1, 0.15) is 70.8 Å². The zero-order valence-corrected chi connectivity index (χ0v) is 21.3. The summed E-state index contributed by atoms with van der Waals surface area (Å²) in [6.07, 6.45) is 0.0689. The third-order valence-corrected chi connectivity index (χ3v) is 6.23. The fourth-order valence-corrected chi connectivity index (χ4v) is 3.20. The van der Waals surface area contributed by atoms with Crippen molar-refractivity contribution in [1.29, 1.82) is 0 Å². The molecule has 0 aliphatic heterocycles. The van der Waals surface area contributed by atoms with E-state index in [1.54, 1.807) is 32.9 Å². The molecule has 8 nitrogen and oxygen atoms in total. The Morgan fingerprint density at radius 2 is 1.66 bits per heavy atom. The van der Waals surface area contributed by atoms with E-state index in [-0.39, 0.29) is 23.5 Å². The summed E-state index contributed by atoms with van der Waals surface area (Å²) in [6.45, 7) is 11.5. The molecule has 1 fully saturated rings. The fourth-order valence-electron chi connectivity index (χ4n) is 3.20. The number of ether oxygens (including phenoxy) is 1. The minimum atomic E-state index is -1.85. The molecule has 1 aromatic carbocycles. The molecule has 1 aliphatic carbocycles. The van der Waals surface area contributed by atoms with Crippen LogP contribution < -0.4 is 10.6 Å². The van der Waals surface area contributed by atoms with Gasteiger partial charge in [0.1, 0.15) is 5.60 Å². The van der Waals surface area contributed by atoms with Crippen molar-refractivity contribution in [2.24, 2.45) is 11.3 Å². The summed E-state index contributed by atoms with van der Waals surface area (Å²) in [4.78, 5) is 37.3. The van der Waals surface area contributed by atoms with Crippen LogP contribution in [0.15, 0.2) is 24.3 Å². The first-order valence-electron chi connectivity index (χ1n) is 11.3. The van der Waals surface area contributed by atoms with Gasteiger partial charge in [-0.1, -0.05) is 18.8 Å². The quantitative estimate of drug-likeness (QED) is 0.462. The molecule has 0 unspecified atom stereocenters. The molecule has 8 heteroatoms. The van der Waals surface area contributed by atoms with Crippen molar-refractivity contribution in [2.75, 3.05) is 6.61 Å². The number of aliphatic hydroxyl groups excluding tert-OH is 1. The molecule has 1 aromatic rings. The summed E-state index contributed by atoms with van der Waals surface area (Å²) < 4.78 is 5.23. The van der Waals surface area contributed by atoms with Gasteiger partial charge in [-0.15, -0.1) is 0 Å². The number of aliphatic hydroxyl groups is 1. The maximum atomic E-state index is 12.9. The second-order valence-corrected chi connectivity index (χ2v) is 10.8. The Bertz CT molecular complexity index is 1110. The zero-order chi connectivity index (χ0) is 26.7. The molecule has 0 heterocycles. The minimum absolute atomic E-state index is 0.110. The Morgan fingerprint density at radius 1 is 1.06 bits per heavy atom. The van der Waals surface area contributed by atoms with Gasteiger partial charge in [-0.05, 0) is 84.1 Å². The van der Waals surface area contributed by atoms with Gasteiger partial charge in [-0.25, -0.2) is 9.59 Å². The summed E-state index contributed by atoms with van der Waals surface area (Å²) in [6, 6.07) is 6.35. The van der Waals surface area contributed by atoms with Crippen LogP contribution in [0.4, 0.5) is 4.79 Å². The van der Waals surface area contributed by atoms with Crippen LogP contribution in [-0.4, -0.2) is 51.5 Å². The maximum absolute atomic E-state index is 12.9. The number of hydrogen-bond acceptors (Lipinski definition) is 5. The van der Waals surface area contributed by atoms with Crippen LogP contribution in [0.3, 0.4) is 0 Å². The second kappa shape index (κ2) is 10.0. The van der Waals surface area contributed by atoms with Gasteiger partial charge in [0, 0.05) is 29.1 Å². The molecule has 2 amide bonds. The maximum Gasteiger partial charge on any atom is 0.408 e. The molecule has 3 atom stereocenters. The summed E-state index contributed by atoms with van der Waals surface area (Å²) in [5.74, 6) is 9.72. The molecular weight excluding hydrogens is 448 g/mol. The highest BCUT2D eigenvalue weighted by atomic mass is 16.6. The predicted molar refractivity (Wildman–Crippen MR) is 131 cm³/mol. The monoisotopic (exact) mass is 482 g/mol. The molecule has 0 radical (unpaired) electrons. The highest BCUT2D eigenvalue weighted by Crippen LogP contribution is 2.51. The van der Waals surface area contributed by atoms with Crippen LogP contribution in [0.5, 0.6) is 0 Å². The lowest BCUT2D eigenvalue weighted by atomic mass is 9.80. The highest BCUT2D eigenvalue weighted by molar-refractivity contribution is 5.98. The SMILES string of the molecule is CC(C)(C)OC(=O)NC(C)(C)[C@](C)(NC(=O)c1ccc(C#CC#C[C@@H]2C[C@@]2(C)CO)cc1)C(=O)O. The number of benzene rings is 1. The van der Waals surface area contributed by atoms with E-state index in [4.69, 9.17) is 4.74 Å². The topological polar surface area (TPSA) is 125 Å². The Labute approximate surface area is 206 Å². The summed E-state index contributed by atoms with van der Waals surface area (Å²) in [5, 5.41) is 24.3. The Balaban J connectivity index is 2.10. The van der Waals surface area contributed by atoms with Gasteiger partial charge in [0.15, 0.2) is 5.54 Å². The van der Waals surface area contributed by atoms with Crippen molar-refractivity contribution in [2.45, 2.75) is 71.6 Å². The van der Waals surface area contributed by atoms with Crippen molar-refractivity contribution in [3.63, 3.8) is 0 Å². The number of alkyl carbamates (subject to hydrolysis) is 1. The first kappa shape index (κ1) is 27.8. The molecular formula is C27H34N2O6. The molecule has 0 aromatic heterocycles. The predicted octanol–water partition coefficient (Wildman–Crippen LogP) is 2.94. The molecule has 4 N–H and O–H groups in total. The van der Waals surface area contributed by atoms with E-state index in [1.807, 2.05) is 6.92 Å². The van der Waals surface area contributed by atoms with Crippen molar-refractivity contribution in [3.05, 3.63) is 35.4 Å². The number of nitrogens with one attached hydrogen (secondary N) is 2. The van der Waals surface area contributed by atoms with E-state index in [1.165, 1.54) is 32.9 Å². The van der Waals surface area contributed by atoms with E-state index in [2.05, 4.69) is 34.3 Å². The van der Waals surface area contributed by atoms with E-state index in [0.717, 1.165) is 6.42 Å². The van der Waals surface area contributed by atoms with Crippen molar-refractivity contribution in [1.82, 2.24) is 10.6 Å². The van der Waals surface area contributed by atoms with Crippen molar-refractivity contribution in [3.8, 4) is 23.7 Å². The van der Waals surface area contributed by atoms with Gasteiger partial charge >= 0.3 is 12.1 Å². The van der Waals surface area contributed by atoms with Gasteiger partial charge in [0.05, 0.1) is 5.54 Å². The number of hydrogen-bond donors (Lipinski definition) is 4. The lowest BCUT2D eigenvalue weighted by Gasteiger charge is -2.41. The molecule has 0 spiro atoms. The number of carboxylic acids is 1. The number of aliphatic carboxylic acids is 1. The average molecular weight is 483 g/mol. The number of carbonyl (C=O) groups excluding carboxylic acids is 2. The largest absolute Gasteiger partial charge is 0.479 e. The van der Waals surface area contributed by atoms with Gasteiger partial charge < -0.3 is 25.6 Å². The Hall–Kier alpha value is -3.49. The van der Waals surface area contributed by atoms with Crippen LogP contribution in [0.2, 0.25) is 0 Å². The fraction of sp³-hybridized carbons (Fsp3) is 0.519. The van der Waals surface area contributed by atoms with Gasteiger partial charge in [0.2, 0.25) is 0 Å². The number of amides is 2. The summed E-state index contributed by atoms with van der Waals surface area (Å²) in [5.41, 5.74) is -3.25. The third-order valence-electron chi connectivity index (χ3n) is 6.23. The number of rotatable bonds is 6. The van der Waals surface area contributed by atoms with Crippen LogP contribution in [0.25, 0.3) is 0 Å². The third kappa shape index (κ3) is 7.00. The first-order valence-corrected chi connectivity index (χ1v) is 11.3. The van der Waals surface area contributed by atoms with E-state index in [9.17, 15) is 24.6 Å². The van der Waals surface area contributed by atoms with Crippen LogP contribution in [0, 0.1) is 35.0 Å². The minimum Gasteiger partial charge on any atom is -0.479 e. The first-order chi connectivity index (χ1) is 16.0. The summed E-state index contributed by atoms with van der Waals surface area (Å²) >= 11 is 0.